The molecule has 108 valence electrons. The highest BCUT2D eigenvalue weighted by molar-refractivity contribution is 6.30. The van der Waals surface area contributed by atoms with Crippen molar-refractivity contribution in [3.05, 3.63) is 74.8 Å². The Kier molecular flexibility index (Phi) is 5.03. The Morgan fingerprint density at radius 2 is 1.71 bits per heavy atom. The predicted octanol–water partition coefficient (Wildman–Crippen LogP) is 3.65. The van der Waals surface area contributed by atoms with Crippen LogP contribution in [0.1, 0.15) is 15.9 Å². The molecule has 0 aromatic heterocycles. The van der Waals surface area contributed by atoms with Crippen LogP contribution in [0.4, 0.5) is 5.69 Å². The molecule has 0 spiro atoms. The molecule has 0 saturated carbocycles. The van der Waals surface area contributed by atoms with Crippen molar-refractivity contribution in [2.45, 2.75) is 6.61 Å². The molecule has 2 aromatic rings. The lowest BCUT2D eigenvalue weighted by atomic mass is 10.1. The Hall–Kier alpha value is -2.24. The molecule has 2 rings (SSSR count). The quantitative estimate of drug-likeness (QED) is 0.464. The first kappa shape index (κ1) is 15.2. The number of ketones is 1. The summed E-state index contributed by atoms with van der Waals surface area (Å²) >= 11 is 5.77. The van der Waals surface area contributed by atoms with Gasteiger partial charge in [0.2, 0.25) is 0 Å². The summed E-state index contributed by atoms with van der Waals surface area (Å²) in [6, 6.07) is 12.6. The van der Waals surface area contributed by atoms with Crippen LogP contribution in [-0.2, 0) is 11.3 Å². The minimum atomic E-state index is -0.509. The van der Waals surface area contributed by atoms with Gasteiger partial charge in [0, 0.05) is 22.7 Å². The van der Waals surface area contributed by atoms with Crippen molar-refractivity contribution < 1.29 is 14.5 Å². The summed E-state index contributed by atoms with van der Waals surface area (Å²) in [6.07, 6.45) is 0. The van der Waals surface area contributed by atoms with E-state index in [4.69, 9.17) is 16.3 Å². The molecule has 0 bridgehead atoms. The number of nitro groups is 1. The molecule has 21 heavy (non-hydrogen) atoms. The minimum Gasteiger partial charge on any atom is -0.369 e. The predicted molar refractivity (Wildman–Crippen MR) is 78.5 cm³/mol. The van der Waals surface area contributed by atoms with Gasteiger partial charge in [0.25, 0.3) is 5.69 Å². The first-order valence-corrected chi connectivity index (χ1v) is 6.54. The largest absolute Gasteiger partial charge is 0.369 e. The molecule has 0 atom stereocenters. The van der Waals surface area contributed by atoms with E-state index in [1.54, 1.807) is 12.1 Å². The standard InChI is InChI=1S/C15H12ClNO4/c16-13-5-1-11(2-6-13)9-21-10-15(18)12-3-7-14(8-4-12)17(19)20/h1-8H,9-10H2. The maximum Gasteiger partial charge on any atom is 0.269 e. The molecule has 0 saturated heterocycles. The fourth-order valence-corrected chi connectivity index (χ4v) is 1.82. The van der Waals surface area contributed by atoms with Crippen molar-refractivity contribution >= 4 is 23.1 Å². The molecule has 5 nitrogen and oxygen atoms in total. The Balaban J connectivity index is 1.86. The molecular formula is C15H12ClNO4. The van der Waals surface area contributed by atoms with Crippen molar-refractivity contribution in [1.29, 1.82) is 0 Å². The van der Waals surface area contributed by atoms with E-state index in [2.05, 4.69) is 0 Å². The van der Waals surface area contributed by atoms with Crippen molar-refractivity contribution in [2.24, 2.45) is 0 Å². The SMILES string of the molecule is O=C(COCc1ccc(Cl)cc1)c1ccc([N+](=O)[O-])cc1. The van der Waals surface area contributed by atoms with Gasteiger partial charge in [0.05, 0.1) is 11.5 Å². The van der Waals surface area contributed by atoms with Crippen LogP contribution in [0.3, 0.4) is 0 Å². The molecular weight excluding hydrogens is 294 g/mol. The van der Waals surface area contributed by atoms with Crippen LogP contribution in [0.5, 0.6) is 0 Å². The van der Waals surface area contributed by atoms with Crippen LogP contribution in [0.15, 0.2) is 48.5 Å². The Bertz CT molecular complexity index is 638. The fraction of sp³-hybridized carbons (Fsp3) is 0.133. The highest BCUT2D eigenvalue weighted by atomic mass is 35.5. The molecule has 0 fully saturated rings. The number of nitrogens with zero attached hydrogens (tertiary/aromatic N) is 1. The van der Waals surface area contributed by atoms with Crippen molar-refractivity contribution in [2.75, 3.05) is 6.61 Å². The van der Waals surface area contributed by atoms with Gasteiger partial charge >= 0.3 is 0 Å². The molecule has 0 unspecified atom stereocenters. The van der Waals surface area contributed by atoms with Gasteiger partial charge in [-0.3, -0.25) is 14.9 Å². The Labute approximate surface area is 126 Å². The molecule has 6 heteroatoms. The van der Waals surface area contributed by atoms with Crippen LogP contribution in [0.25, 0.3) is 0 Å². The van der Waals surface area contributed by atoms with Crippen molar-refractivity contribution in [1.82, 2.24) is 0 Å². The summed E-state index contributed by atoms with van der Waals surface area (Å²) in [5.41, 5.74) is 1.25. The number of non-ortho nitro benzene ring substituents is 1. The van der Waals surface area contributed by atoms with E-state index >= 15 is 0 Å². The molecule has 0 radical (unpaired) electrons. The first-order valence-electron chi connectivity index (χ1n) is 6.16. The molecule has 2 aromatic carbocycles. The number of rotatable bonds is 6. The average molecular weight is 306 g/mol. The highest BCUT2D eigenvalue weighted by Crippen LogP contribution is 2.13. The number of halogens is 1. The summed E-state index contributed by atoms with van der Waals surface area (Å²) in [7, 11) is 0. The number of carbonyl (C=O) groups is 1. The molecule has 0 N–H and O–H groups in total. The number of Topliss-reactive ketones (excluding diaryl/α,β-unsaturated/α-hetero) is 1. The lowest BCUT2D eigenvalue weighted by Crippen LogP contribution is -2.09. The van der Waals surface area contributed by atoms with Gasteiger partial charge in [-0.05, 0) is 29.8 Å². The van der Waals surface area contributed by atoms with Crippen LogP contribution in [-0.4, -0.2) is 17.3 Å². The van der Waals surface area contributed by atoms with Gasteiger partial charge in [-0.15, -0.1) is 0 Å². The van der Waals surface area contributed by atoms with Gasteiger partial charge in [-0.2, -0.15) is 0 Å². The van der Waals surface area contributed by atoms with E-state index in [1.807, 2.05) is 12.1 Å². The zero-order valence-electron chi connectivity index (χ0n) is 11.0. The zero-order chi connectivity index (χ0) is 15.2. The second-order valence-electron chi connectivity index (χ2n) is 4.35. The molecule has 0 heterocycles. The maximum atomic E-state index is 11.9. The second-order valence-corrected chi connectivity index (χ2v) is 4.78. The third-order valence-electron chi connectivity index (χ3n) is 2.82. The number of ether oxygens (including phenoxy) is 1. The highest BCUT2D eigenvalue weighted by Gasteiger charge is 2.09. The van der Waals surface area contributed by atoms with Crippen LogP contribution < -0.4 is 0 Å². The summed E-state index contributed by atoms with van der Waals surface area (Å²) < 4.78 is 5.33. The van der Waals surface area contributed by atoms with E-state index in [-0.39, 0.29) is 18.1 Å². The summed E-state index contributed by atoms with van der Waals surface area (Å²) in [5, 5.41) is 11.2. The molecule has 0 aliphatic heterocycles. The van der Waals surface area contributed by atoms with Gasteiger partial charge in [-0.1, -0.05) is 23.7 Å². The number of carbonyl (C=O) groups excluding carboxylic acids is 1. The number of hydrogen-bond donors (Lipinski definition) is 0. The normalized spacial score (nSPS) is 10.3. The third kappa shape index (κ3) is 4.37. The summed E-state index contributed by atoms with van der Waals surface area (Å²) in [4.78, 5) is 21.9. The van der Waals surface area contributed by atoms with Gasteiger partial charge in [0.15, 0.2) is 5.78 Å². The van der Waals surface area contributed by atoms with Gasteiger partial charge in [0.1, 0.15) is 6.61 Å². The fourth-order valence-electron chi connectivity index (χ4n) is 1.69. The number of hydrogen-bond acceptors (Lipinski definition) is 4. The van der Waals surface area contributed by atoms with Crippen LogP contribution >= 0.6 is 11.6 Å². The van der Waals surface area contributed by atoms with E-state index < -0.39 is 4.92 Å². The number of nitro benzene ring substituents is 1. The van der Waals surface area contributed by atoms with E-state index in [0.29, 0.717) is 17.2 Å². The smallest absolute Gasteiger partial charge is 0.269 e. The van der Waals surface area contributed by atoms with E-state index in [1.165, 1.54) is 24.3 Å². The monoisotopic (exact) mass is 305 g/mol. The van der Waals surface area contributed by atoms with Crippen LogP contribution in [0, 0.1) is 10.1 Å². The first-order chi connectivity index (χ1) is 10.1. The summed E-state index contributed by atoms with van der Waals surface area (Å²) in [5.74, 6) is -0.223. The summed E-state index contributed by atoms with van der Waals surface area (Å²) in [6.45, 7) is 0.219. The molecule has 0 aliphatic rings. The topological polar surface area (TPSA) is 69.4 Å². The van der Waals surface area contributed by atoms with Gasteiger partial charge < -0.3 is 4.74 Å². The maximum absolute atomic E-state index is 11.9. The Morgan fingerprint density at radius 3 is 2.29 bits per heavy atom. The van der Waals surface area contributed by atoms with Crippen LogP contribution in [0.2, 0.25) is 5.02 Å². The molecule has 0 amide bonds. The molecule has 0 aliphatic carbocycles. The third-order valence-corrected chi connectivity index (χ3v) is 3.07. The van der Waals surface area contributed by atoms with E-state index in [0.717, 1.165) is 5.56 Å². The zero-order valence-corrected chi connectivity index (χ0v) is 11.7. The minimum absolute atomic E-state index is 0.0476. The lowest BCUT2D eigenvalue weighted by Gasteiger charge is -2.04. The van der Waals surface area contributed by atoms with Crippen molar-refractivity contribution in [3.63, 3.8) is 0 Å². The van der Waals surface area contributed by atoms with Crippen molar-refractivity contribution in [3.8, 4) is 0 Å². The van der Waals surface area contributed by atoms with E-state index in [9.17, 15) is 14.9 Å². The van der Waals surface area contributed by atoms with Gasteiger partial charge in [-0.25, -0.2) is 0 Å². The lowest BCUT2D eigenvalue weighted by molar-refractivity contribution is -0.384. The Morgan fingerprint density at radius 1 is 1.10 bits per heavy atom. The average Bonchev–Trinajstić information content (AvgIpc) is 2.49. The second kappa shape index (κ2) is 6.97. The number of benzene rings is 2.